The maximum atomic E-state index is 12.9. The zero-order chi connectivity index (χ0) is 19.1. The van der Waals surface area contributed by atoms with Crippen LogP contribution in [0, 0.1) is 5.95 Å². The Bertz CT molecular complexity index is 582. The Morgan fingerprint density at radius 2 is 2.12 bits per heavy atom. The molecule has 1 heterocycles. The fourth-order valence-electron chi connectivity index (χ4n) is 1.65. The minimum absolute atomic E-state index is 0.0276. The van der Waals surface area contributed by atoms with E-state index in [1.807, 2.05) is 0 Å². The second-order valence-corrected chi connectivity index (χ2v) is 5.96. The van der Waals surface area contributed by atoms with Gasteiger partial charge in [-0.3, -0.25) is 4.79 Å². The first-order valence-electron chi connectivity index (χ1n) is 7.32. The largest absolute Gasteiger partial charge is 0.481 e. The van der Waals surface area contributed by atoms with E-state index in [4.69, 9.17) is 14.7 Å². The van der Waals surface area contributed by atoms with Crippen molar-refractivity contribution in [2.45, 2.75) is 31.6 Å². The number of rotatable bonds is 9. The molecule has 0 aliphatic carbocycles. The highest BCUT2D eigenvalue weighted by Crippen LogP contribution is 2.11. The van der Waals surface area contributed by atoms with Gasteiger partial charge in [0.15, 0.2) is 0 Å². The van der Waals surface area contributed by atoms with Crippen LogP contribution in [0.5, 0.6) is 0 Å². The van der Waals surface area contributed by atoms with Crippen LogP contribution in [-0.4, -0.2) is 46.6 Å². The van der Waals surface area contributed by atoms with Gasteiger partial charge < -0.3 is 15.7 Å². The second kappa shape index (κ2) is 13.9. The molecular weight excluding hydrogens is 352 g/mol. The second-order valence-electron chi connectivity index (χ2n) is 4.86. The summed E-state index contributed by atoms with van der Waals surface area (Å²) in [5.41, 5.74) is 0.851. The number of aliphatic carboxylic acids is 1. The predicted octanol–water partition coefficient (Wildman–Crippen LogP) is 1.42. The van der Waals surface area contributed by atoms with Gasteiger partial charge in [-0.2, -0.15) is 25.7 Å². The number of nitrogens with zero attached hydrogens (tertiary/aromatic N) is 1. The van der Waals surface area contributed by atoms with Crippen LogP contribution in [0.15, 0.2) is 18.3 Å². The van der Waals surface area contributed by atoms with E-state index in [0.717, 1.165) is 5.56 Å². The number of carboxylic acids is 1. The van der Waals surface area contributed by atoms with Crippen molar-refractivity contribution in [1.29, 1.82) is 0 Å². The third kappa shape index (κ3) is 13.7. The lowest BCUT2D eigenvalue weighted by atomic mass is 10.2. The number of thioether (sulfide) groups is 1. The van der Waals surface area contributed by atoms with Crippen molar-refractivity contribution in [2.75, 3.05) is 12.3 Å². The average molecular weight is 372 g/mol. The van der Waals surface area contributed by atoms with Crippen LogP contribution in [0.2, 0.25) is 0 Å². The van der Waals surface area contributed by atoms with Gasteiger partial charge >= 0.3 is 18.2 Å². The van der Waals surface area contributed by atoms with Gasteiger partial charge in [0.25, 0.3) is 0 Å². The molecule has 138 valence electrons. The summed E-state index contributed by atoms with van der Waals surface area (Å²) in [4.78, 5) is 41.7. The van der Waals surface area contributed by atoms with Gasteiger partial charge in [0.2, 0.25) is 5.95 Å². The van der Waals surface area contributed by atoms with E-state index in [9.17, 15) is 14.0 Å². The Kier molecular flexibility index (Phi) is 12.6. The molecule has 0 spiro atoms. The fourth-order valence-corrected chi connectivity index (χ4v) is 2.45. The molecule has 0 aliphatic heterocycles. The number of carbonyl (C=O) groups excluding carboxylic acids is 3. The van der Waals surface area contributed by atoms with Gasteiger partial charge in [-0.05, 0) is 31.0 Å². The van der Waals surface area contributed by atoms with Crippen LogP contribution >= 0.6 is 11.8 Å². The maximum Gasteiger partial charge on any atom is 0.373 e. The van der Waals surface area contributed by atoms with E-state index < -0.39 is 11.9 Å². The summed E-state index contributed by atoms with van der Waals surface area (Å²) in [7, 11) is 0. The van der Waals surface area contributed by atoms with Gasteiger partial charge in [-0.1, -0.05) is 0 Å². The number of hydrogen-bond acceptors (Lipinski definition) is 6. The van der Waals surface area contributed by atoms with E-state index in [2.05, 4.69) is 15.6 Å². The molecule has 10 heteroatoms. The summed E-state index contributed by atoms with van der Waals surface area (Å²) in [5.74, 6) is -0.0255. The van der Waals surface area contributed by atoms with Gasteiger partial charge in [-0.25, -0.2) is 9.78 Å². The average Bonchev–Trinajstić information content (AvgIpc) is 2.53. The highest BCUT2D eigenvalue weighted by molar-refractivity contribution is 7.98. The van der Waals surface area contributed by atoms with Crippen molar-refractivity contribution in [3.8, 4) is 0 Å². The Morgan fingerprint density at radius 3 is 2.72 bits per heavy atom. The Hall–Kier alpha value is -2.45. The number of halogens is 1. The fraction of sp³-hybridized carbons (Fsp3) is 0.467. The molecule has 8 nitrogen and oxygen atoms in total. The molecular formula is C15H20FN3O5S. The van der Waals surface area contributed by atoms with E-state index in [1.54, 1.807) is 24.8 Å². The zero-order valence-electron chi connectivity index (χ0n) is 13.7. The third-order valence-electron chi connectivity index (χ3n) is 2.76. The molecule has 1 aromatic heterocycles. The predicted molar refractivity (Wildman–Crippen MR) is 88.2 cm³/mol. The first kappa shape index (κ1) is 22.6. The molecule has 0 aromatic carbocycles. The number of urea groups is 1. The lowest BCUT2D eigenvalue weighted by Crippen LogP contribution is -2.41. The van der Waals surface area contributed by atoms with Crippen LogP contribution < -0.4 is 10.6 Å². The highest BCUT2D eigenvalue weighted by atomic mass is 32.2. The van der Waals surface area contributed by atoms with Crippen molar-refractivity contribution in [3.05, 3.63) is 29.8 Å². The first-order chi connectivity index (χ1) is 11.9. The summed E-state index contributed by atoms with van der Waals surface area (Å²) in [6, 6.07) is 2.63. The SMILES string of the molecule is CC(CCC(=O)O)NC(=O)NCCSCc1ccnc([18F])c1.O=C=O. The topological polar surface area (TPSA) is 125 Å². The normalized spacial score (nSPS) is 10.6. The standard InChI is InChI=1S/C14H20FN3O3S.CO2/c1-10(2-3-13(19)20)18-14(21)17-6-7-22-9-11-4-5-16-12(15)8-11;2-1-3/h4-5,8,10H,2-3,6-7,9H2,1H3,(H,19,20)(H2,17,18,21);/i15-1;. The molecule has 25 heavy (non-hydrogen) atoms. The molecule has 0 saturated heterocycles. The van der Waals surface area contributed by atoms with Crippen LogP contribution in [0.1, 0.15) is 25.3 Å². The number of carboxylic acid groups (broad SMARTS) is 1. The Balaban J connectivity index is 0.00000178. The summed E-state index contributed by atoms with van der Waals surface area (Å²) in [6.45, 7) is 2.24. The molecule has 0 bridgehead atoms. The monoisotopic (exact) mass is 372 g/mol. The number of hydrogen-bond donors (Lipinski definition) is 3. The van der Waals surface area contributed by atoms with E-state index >= 15 is 0 Å². The summed E-state index contributed by atoms with van der Waals surface area (Å²) >= 11 is 1.58. The Morgan fingerprint density at radius 1 is 1.44 bits per heavy atom. The van der Waals surface area contributed by atoms with Gasteiger partial charge in [-0.15, -0.1) is 0 Å². The van der Waals surface area contributed by atoms with Crippen molar-refractivity contribution in [2.24, 2.45) is 0 Å². The van der Waals surface area contributed by atoms with Crippen molar-refractivity contribution < 1.29 is 28.7 Å². The molecule has 3 N–H and O–H groups in total. The molecule has 2 amide bonds. The third-order valence-corrected chi connectivity index (χ3v) is 3.79. The van der Waals surface area contributed by atoms with Crippen LogP contribution in [0.4, 0.5) is 9.18 Å². The van der Waals surface area contributed by atoms with Crippen LogP contribution in [0.3, 0.4) is 0 Å². The number of amides is 2. The van der Waals surface area contributed by atoms with Crippen molar-refractivity contribution in [3.63, 3.8) is 0 Å². The van der Waals surface area contributed by atoms with Gasteiger partial charge in [0.05, 0.1) is 0 Å². The Labute approximate surface area is 148 Å². The van der Waals surface area contributed by atoms with E-state index in [1.165, 1.54) is 12.3 Å². The van der Waals surface area contributed by atoms with Crippen LogP contribution in [0.25, 0.3) is 0 Å². The number of carbonyl (C=O) groups is 2. The van der Waals surface area contributed by atoms with Gasteiger partial charge in [0.1, 0.15) is 0 Å². The van der Waals surface area contributed by atoms with Crippen molar-refractivity contribution in [1.82, 2.24) is 15.6 Å². The molecule has 1 atom stereocenters. The maximum absolute atomic E-state index is 12.9. The van der Waals surface area contributed by atoms with E-state index in [0.29, 0.717) is 24.5 Å². The number of pyridine rings is 1. The first-order valence-corrected chi connectivity index (χ1v) is 8.48. The lowest BCUT2D eigenvalue weighted by molar-refractivity contribution is -0.191. The number of nitrogens with one attached hydrogen (secondary N) is 2. The quantitative estimate of drug-likeness (QED) is 0.442. The lowest BCUT2D eigenvalue weighted by Gasteiger charge is -2.13. The minimum Gasteiger partial charge on any atom is -0.481 e. The summed E-state index contributed by atoms with van der Waals surface area (Å²) < 4.78 is 12.9. The van der Waals surface area contributed by atoms with E-state index in [-0.39, 0.29) is 24.6 Å². The molecule has 0 saturated carbocycles. The van der Waals surface area contributed by atoms with Gasteiger partial charge in [0, 0.05) is 36.7 Å². The van der Waals surface area contributed by atoms with Crippen LogP contribution in [-0.2, 0) is 20.1 Å². The molecule has 0 aliphatic rings. The number of aromatic nitrogens is 1. The highest BCUT2D eigenvalue weighted by Gasteiger charge is 2.08. The molecule has 1 rings (SSSR count). The molecule has 1 aromatic rings. The molecule has 0 fully saturated rings. The summed E-state index contributed by atoms with van der Waals surface area (Å²) in [5, 5.41) is 13.9. The zero-order valence-corrected chi connectivity index (χ0v) is 14.5. The minimum atomic E-state index is -0.877. The molecule has 0 radical (unpaired) electrons. The summed E-state index contributed by atoms with van der Waals surface area (Å²) in [6.07, 6.45) is 2.10. The smallest absolute Gasteiger partial charge is 0.373 e. The molecule has 1 unspecified atom stereocenters. The van der Waals surface area contributed by atoms with Crippen molar-refractivity contribution >= 4 is 29.9 Å².